The molecule has 1 aromatic carbocycles. The van der Waals surface area contributed by atoms with Crippen LogP contribution < -0.4 is 5.73 Å². The van der Waals surface area contributed by atoms with Crippen LogP contribution in [0.1, 0.15) is 18.3 Å². The van der Waals surface area contributed by atoms with E-state index in [0.29, 0.717) is 23.7 Å². The van der Waals surface area contributed by atoms with Gasteiger partial charge in [-0.3, -0.25) is 0 Å². The summed E-state index contributed by atoms with van der Waals surface area (Å²) in [6.45, 7) is 3.73. The zero-order chi connectivity index (χ0) is 12.4. The molecule has 1 aromatic heterocycles. The molecule has 1 heterocycles. The Hall–Kier alpha value is -1.75. The van der Waals surface area contributed by atoms with Crippen LogP contribution in [0.15, 0.2) is 22.7 Å². The fourth-order valence-corrected chi connectivity index (χ4v) is 1.56. The number of benzene rings is 1. The summed E-state index contributed by atoms with van der Waals surface area (Å²) >= 11 is 0. The van der Waals surface area contributed by atoms with Crippen LogP contribution in [0.25, 0.3) is 11.5 Å². The zero-order valence-corrected chi connectivity index (χ0v) is 9.77. The molecule has 0 aliphatic carbocycles. The predicted molar refractivity (Wildman–Crippen MR) is 61.8 cm³/mol. The number of aromatic nitrogens is 2. The van der Waals surface area contributed by atoms with E-state index >= 15 is 0 Å². The second kappa shape index (κ2) is 4.63. The van der Waals surface area contributed by atoms with Gasteiger partial charge in [-0.05, 0) is 31.5 Å². The van der Waals surface area contributed by atoms with Crippen molar-refractivity contribution in [2.24, 2.45) is 5.73 Å². The van der Waals surface area contributed by atoms with Crippen LogP contribution in [0.2, 0.25) is 0 Å². The van der Waals surface area contributed by atoms with Gasteiger partial charge in [0.05, 0.1) is 0 Å². The maximum atomic E-state index is 13.1. The van der Waals surface area contributed by atoms with E-state index in [1.807, 2.05) is 13.8 Å². The number of rotatable bonds is 3. The Morgan fingerprint density at radius 2 is 2.24 bits per heavy atom. The fraction of sp³-hybridized carbons (Fsp3) is 0.333. The highest BCUT2D eigenvalue weighted by Gasteiger charge is 2.12. The summed E-state index contributed by atoms with van der Waals surface area (Å²) in [6.07, 6.45) is 0.540. The maximum Gasteiger partial charge on any atom is 0.258 e. The summed E-state index contributed by atoms with van der Waals surface area (Å²) in [6, 6.07) is 4.44. The van der Waals surface area contributed by atoms with Gasteiger partial charge >= 0.3 is 0 Å². The molecule has 0 saturated carbocycles. The molecule has 90 valence electrons. The van der Waals surface area contributed by atoms with Crippen LogP contribution in [0, 0.1) is 12.7 Å². The first-order valence-corrected chi connectivity index (χ1v) is 5.41. The van der Waals surface area contributed by atoms with E-state index in [9.17, 15) is 4.39 Å². The standard InChI is InChI=1S/C12H14FN3O/c1-7-3-4-9(13)6-10(7)12-15-11(16-17-12)5-8(2)14/h3-4,6,8H,5,14H2,1-2H3. The van der Waals surface area contributed by atoms with Gasteiger partial charge in [0.1, 0.15) is 5.82 Å². The average Bonchev–Trinajstić information content (AvgIpc) is 2.69. The fourth-order valence-electron chi connectivity index (χ4n) is 1.56. The molecule has 4 nitrogen and oxygen atoms in total. The molecule has 2 N–H and O–H groups in total. The van der Waals surface area contributed by atoms with E-state index in [-0.39, 0.29) is 11.9 Å². The summed E-state index contributed by atoms with van der Waals surface area (Å²) in [5, 5.41) is 3.81. The Morgan fingerprint density at radius 3 is 2.94 bits per heavy atom. The highest BCUT2D eigenvalue weighted by Crippen LogP contribution is 2.22. The second-order valence-corrected chi connectivity index (χ2v) is 4.16. The van der Waals surface area contributed by atoms with Gasteiger partial charge in [0.25, 0.3) is 5.89 Å². The third kappa shape index (κ3) is 2.68. The first-order valence-electron chi connectivity index (χ1n) is 5.41. The summed E-state index contributed by atoms with van der Waals surface area (Å²) < 4.78 is 18.2. The molecule has 0 aliphatic heterocycles. The van der Waals surface area contributed by atoms with Crippen LogP contribution in [-0.2, 0) is 6.42 Å². The van der Waals surface area contributed by atoms with E-state index in [1.54, 1.807) is 6.07 Å². The van der Waals surface area contributed by atoms with Crippen molar-refractivity contribution in [2.45, 2.75) is 26.3 Å². The number of hydrogen-bond acceptors (Lipinski definition) is 4. The molecule has 1 atom stereocenters. The van der Waals surface area contributed by atoms with E-state index in [1.165, 1.54) is 12.1 Å². The Labute approximate surface area is 98.6 Å². The molecule has 0 bridgehead atoms. The van der Waals surface area contributed by atoms with Crippen LogP contribution in [0.5, 0.6) is 0 Å². The van der Waals surface area contributed by atoms with Crippen LogP contribution >= 0.6 is 0 Å². The molecule has 5 heteroatoms. The van der Waals surface area contributed by atoms with Crippen LogP contribution in [0.3, 0.4) is 0 Å². The van der Waals surface area contributed by atoms with E-state index < -0.39 is 0 Å². The summed E-state index contributed by atoms with van der Waals surface area (Å²) in [4.78, 5) is 4.20. The third-order valence-corrected chi connectivity index (χ3v) is 2.40. The van der Waals surface area contributed by atoms with E-state index in [4.69, 9.17) is 10.3 Å². The van der Waals surface area contributed by atoms with Crippen molar-refractivity contribution in [3.8, 4) is 11.5 Å². The van der Waals surface area contributed by atoms with Gasteiger partial charge < -0.3 is 10.3 Å². The molecule has 17 heavy (non-hydrogen) atoms. The van der Waals surface area contributed by atoms with Gasteiger partial charge in [-0.1, -0.05) is 11.2 Å². The lowest BCUT2D eigenvalue weighted by atomic mass is 10.1. The Morgan fingerprint density at radius 1 is 1.47 bits per heavy atom. The van der Waals surface area contributed by atoms with Crippen molar-refractivity contribution >= 4 is 0 Å². The number of halogens is 1. The van der Waals surface area contributed by atoms with Gasteiger partial charge in [0.15, 0.2) is 5.82 Å². The first-order chi connectivity index (χ1) is 8.06. The van der Waals surface area contributed by atoms with Gasteiger partial charge in [-0.25, -0.2) is 4.39 Å². The molecule has 2 rings (SSSR count). The van der Waals surface area contributed by atoms with Crippen molar-refractivity contribution in [2.75, 3.05) is 0 Å². The van der Waals surface area contributed by atoms with Crippen molar-refractivity contribution in [3.63, 3.8) is 0 Å². The average molecular weight is 235 g/mol. The molecular formula is C12H14FN3O. The largest absolute Gasteiger partial charge is 0.334 e. The maximum absolute atomic E-state index is 13.1. The lowest BCUT2D eigenvalue weighted by Crippen LogP contribution is -2.18. The van der Waals surface area contributed by atoms with Gasteiger partial charge in [-0.2, -0.15) is 4.98 Å². The number of aryl methyl sites for hydroxylation is 1. The molecule has 2 aromatic rings. The molecule has 0 saturated heterocycles. The molecule has 0 amide bonds. The number of nitrogens with zero attached hydrogens (tertiary/aromatic N) is 2. The van der Waals surface area contributed by atoms with Crippen molar-refractivity contribution in [3.05, 3.63) is 35.4 Å². The van der Waals surface area contributed by atoms with Gasteiger partial charge in [0, 0.05) is 18.0 Å². The van der Waals surface area contributed by atoms with E-state index in [0.717, 1.165) is 5.56 Å². The molecule has 0 radical (unpaired) electrons. The second-order valence-electron chi connectivity index (χ2n) is 4.16. The quantitative estimate of drug-likeness (QED) is 0.884. The van der Waals surface area contributed by atoms with Crippen molar-refractivity contribution in [1.29, 1.82) is 0 Å². The van der Waals surface area contributed by atoms with Gasteiger partial charge in [0.2, 0.25) is 0 Å². The van der Waals surface area contributed by atoms with E-state index in [2.05, 4.69) is 10.1 Å². The van der Waals surface area contributed by atoms with Crippen LogP contribution in [-0.4, -0.2) is 16.2 Å². The Balaban J connectivity index is 2.33. The zero-order valence-electron chi connectivity index (χ0n) is 9.77. The number of nitrogens with two attached hydrogens (primary N) is 1. The third-order valence-electron chi connectivity index (χ3n) is 2.40. The summed E-state index contributed by atoms with van der Waals surface area (Å²) in [5.74, 6) is 0.550. The topological polar surface area (TPSA) is 64.9 Å². The normalized spacial score (nSPS) is 12.7. The van der Waals surface area contributed by atoms with Gasteiger partial charge in [-0.15, -0.1) is 0 Å². The summed E-state index contributed by atoms with van der Waals surface area (Å²) in [5.41, 5.74) is 7.15. The smallest absolute Gasteiger partial charge is 0.258 e. The van der Waals surface area contributed by atoms with Crippen molar-refractivity contribution < 1.29 is 8.91 Å². The number of hydrogen-bond donors (Lipinski definition) is 1. The molecule has 1 unspecified atom stereocenters. The van der Waals surface area contributed by atoms with Crippen molar-refractivity contribution in [1.82, 2.24) is 10.1 Å². The minimum Gasteiger partial charge on any atom is -0.334 e. The Bertz CT molecular complexity index is 522. The molecule has 0 aliphatic rings. The lowest BCUT2D eigenvalue weighted by Gasteiger charge is -2.00. The molecule has 0 fully saturated rings. The SMILES string of the molecule is Cc1ccc(F)cc1-c1nc(CC(C)N)no1. The molecular weight excluding hydrogens is 221 g/mol. The molecule has 0 spiro atoms. The predicted octanol–water partition coefficient (Wildman–Crippen LogP) is 2.07. The highest BCUT2D eigenvalue weighted by molar-refractivity contribution is 5.57. The summed E-state index contributed by atoms with van der Waals surface area (Å²) in [7, 11) is 0. The van der Waals surface area contributed by atoms with Crippen LogP contribution in [0.4, 0.5) is 4.39 Å². The Kier molecular flexibility index (Phi) is 3.19. The highest BCUT2D eigenvalue weighted by atomic mass is 19.1. The first kappa shape index (κ1) is 11.7. The minimum atomic E-state index is -0.322. The lowest BCUT2D eigenvalue weighted by molar-refractivity contribution is 0.420. The minimum absolute atomic E-state index is 0.0333. The monoisotopic (exact) mass is 235 g/mol.